The van der Waals surface area contributed by atoms with Crippen LogP contribution in [0.4, 0.5) is 13.2 Å². The number of alkyl halides is 3. The van der Waals surface area contributed by atoms with Gasteiger partial charge in [0.2, 0.25) is 0 Å². The van der Waals surface area contributed by atoms with Crippen molar-refractivity contribution < 1.29 is 13.2 Å². The van der Waals surface area contributed by atoms with Crippen LogP contribution in [0.2, 0.25) is 0 Å². The number of piperidine rings is 1. The Labute approximate surface area is 108 Å². The normalized spacial score (nSPS) is 27.3. The molecule has 5 heteroatoms. The molecule has 1 heterocycles. The fourth-order valence-corrected chi connectivity index (χ4v) is 3.22. The number of halogens is 3. The second-order valence-electron chi connectivity index (χ2n) is 5.14. The number of likely N-dealkylation sites (tertiary alicyclic amines) is 1. The lowest BCUT2D eigenvalue weighted by Crippen LogP contribution is -2.21. The molecule has 1 aliphatic carbocycles. The van der Waals surface area contributed by atoms with E-state index < -0.39 is 5.51 Å². The third kappa shape index (κ3) is 3.01. The predicted molar refractivity (Wildman–Crippen MR) is 65.2 cm³/mol. The van der Waals surface area contributed by atoms with Crippen molar-refractivity contribution in [3.8, 4) is 0 Å². The molecule has 18 heavy (non-hydrogen) atoms. The van der Waals surface area contributed by atoms with Crippen molar-refractivity contribution in [3.05, 3.63) is 29.8 Å². The monoisotopic (exact) mass is 273 g/mol. The average Bonchev–Trinajstić information content (AvgIpc) is 2.88. The lowest BCUT2D eigenvalue weighted by molar-refractivity contribution is -0.0328. The number of nitrogens with zero attached hydrogens (tertiary/aromatic N) is 1. The molecule has 0 bridgehead atoms. The Morgan fingerprint density at radius 3 is 2.28 bits per heavy atom. The maximum atomic E-state index is 12.2. The third-order valence-electron chi connectivity index (χ3n) is 3.62. The maximum Gasteiger partial charge on any atom is 0.446 e. The molecule has 0 spiro atoms. The molecule has 1 nitrogen and oxygen atoms in total. The first-order valence-electron chi connectivity index (χ1n) is 6.07. The molecule has 1 aromatic rings. The van der Waals surface area contributed by atoms with Crippen LogP contribution in [-0.2, 0) is 6.54 Å². The van der Waals surface area contributed by atoms with E-state index in [0.29, 0.717) is 0 Å². The largest absolute Gasteiger partial charge is 0.446 e. The fraction of sp³-hybridized carbons (Fsp3) is 0.538. The number of thioether (sulfide) groups is 1. The van der Waals surface area contributed by atoms with Crippen molar-refractivity contribution in [2.24, 2.45) is 11.8 Å². The van der Waals surface area contributed by atoms with Gasteiger partial charge in [0, 0.05) is 24.5 Å². The Bertz CT molecular complexity index is 419. The SMILES string of the molecule is FC(F)(F)Sc1ccc(CN2CC3CC3C2)cc1. The van der Waals surface area contributed by atoms with Gasteiger partial charge in [0.05, 0.1) is 0 Å². The Kier molecular flexibility index (Phi) is 3.06. The summed E-state index contributed by atoms with van der Waals surface area (Å²) in [4.78, 5) is 2.65. The average molecular weight is 273 g/mol. The summed E-state index contributed by atoms with van der Waals surface area (Å²) in [6, 6.07) is 6.73. The highest BCUT2D eigenvalue weighted by molar-refractivity contribution is 8.00. The quantitative estimate of drug-likeness (QED) is 0.772. The molecule has 0 N–H and O–H groups in total. The summed E-state index contributed by atoms with van der Waals surface area (Å²) in [5.41, 5.74) is -3.10. The van der Waals surface area contributed by atoms with Crippen LogP contribution in [0, 0.1) is 11.8 Å². The van der Waals surface area contributed by atoms with Gasteiger partial charge in [-0.1, -0.05) is 12.1 Å². The minimum absolute atomic E-state index is 0.0540. The maximum absolute atomic E-state index is 12.2. The smallest absolute Gasteiger partial charge is 0.299 e. The first-order valence-corrected chi connectivity index (χ1v) is 6.88. The van der Waals surface area contributed by atoms with Crippen molar-refractivity contribution in [1.82, 2.24) is 4.90 Å². The van der Waals surface area contributed by atoms with Crippen LogP contribution in [0.15, 0.2) is 29.2 Å². The van der Waals surface area contributed by atoms with E-state index in [1.54, 1.807) is 24.3 Å². The minimum atomic E-state index is -4.20. The Balaban J connectivity index is 1.57. The Morgan fingerprint density at radius 2 is 1.72 bits per heavy atom. The Morgan fingerprint density at radius 1 is 1.11 bits per heavy atom. The Hall–Kier alpha value is -0.680. The minimum Gasteiger partial charge on any atom is -0.299 e. The molecule has 0 radical (unpaired) electrons. The van der Waals surface area contributed by atoms with Gasteiger partial charge in [-0.05, 0) is 47.7 Å². The molecule has 0 amide bonds. The zero-order valence-corrected chi connectivity index (χ0v) is 10.6. The van der Waals surface area contributed by atoms with Gasteiger partial charge in [-0.25, -0.2) is 0 Å². The number of hydrogen-bond donors (Lipinski definition) is 0. The molecule has 2 unspecified atom stereocenters. The predicted octanol–water partition coefficient (Wildman–Crippen LogP) is 3.75. The summed E-state index contributed by atoms with van der Waals surface area (Å²) in [5.74, 6) is 1.79. The lowest BCUT2D eigenvalue weighted by atomic mass is 10.2. The van der Waals surface area contributed by atoms with Crippen LogP contribution in [0.25, 0.3) is 0 Å². The molecule has 2 aliphatic rings. The van der Waals surface area contributed by atoms with Gasteiger partial charge in [-0.3, -0.25) is 4.90 Å². The molecular weight excluding hydrogens is 259 g/mol. The van der Waals surface area contributed by atoms with Crippen LogP contribution < -0.4 is 0 Å². The summed E-state index contributed by atoms with van der Waals surface area (Å²) >= 11 is -0.0540. The first kappa shape index (κ1) is 12.4. The van der Waals surface area contributed by atoms with Crippen LogP contribution in [0.3, 0.4) is 0 Å². The molecule has 2 fully saturated rings. The lowest BCUT2D eigenvalue weighted by Gasteiger charge is -2.17. The molecule has 98 valence electrons. The van der Waals surface area contributed by atoms with Gasteiger partial charge in [0.1, 0.15) is 0 Å². The van der Waals surface area contributed by atoms with E-state index in [9.17, 15) is 13.2 Å². The summed E-state index contributed by atoms with van der Waals surface area (Å²) in [6.45, 7) is 3.18. The molecule has 2 atom stereocenters. The van der Waals surface area contributed by atoms with E-state index in [-0.39, 0.29) is 16.7 Å². The standard InChI is InChI=1S/C13H14F3NS/c14-13(15,16)18-12-3-1-9(2-4-12)6-17-7-10-5-11(10)8-17/h1-4,10-11H,5-8H2. The van der Waals surface area contributed by atoms with Crippen LogP contribution in [0.1, 0.15) is 12.0 Å². The van der Waals surface area contributed by atoms with Gasteiger partial charge in [0.15, 0.2) is 0 Å². The number of fused-ring (bicyclic) bond motifs is 1. The third-order valence-corrected chi connectivity index (χ3v) is 4.36. The van der Waals surface area contributed by atoms with E-state index in [1.807, 2.05) is 0 Å². The molecule has 1 aliphatic heterocycles. The second-order valence-corrected chi connectivity index (χ2v) is 6.28. The molecule has 1 saturated carbocycles. The number of rotatable bonds is 3. The molecule has 1 aromatic carbocycles. The molecule has 1 saturated heterocycles. The van der Waals surface area contributed by atoms with E-state index >= 15 is 0 Å². The topological polar surface area (TPSA) is 3.24 Å². The van der Waals surface area contributed by atoms with Gasteiger partial charge >= 0.3 is 5.51 Å². The van der Waals surface area contributed by atoms with Crippen molar-refractivity contribution >= 4 is 11.8 Å². The van der Waals surface area contributed by atoms with Gasteiger partial charge in [-0.15, -0.1) is 0 Å². The molecule has 0 aromatic heterocycles. The van der Waals surface area contributed by atoms with Crippen molar-refractivity contribution in [1.29, 1.82) is 0 Å². The van der Waals surface area contributed by atoms with Gasteiger partial charge < -0.3 is 0 Å². The first-order chi connectivity index (χ1) is 8.49. The number of benzene rings is 1. The van der Waals surface area contributed by atoms with E-state index in [1.165, 1.54) is 6.42 Å². The van der Waals surface area contributed by atoms with Gasteiger partial charge in [0.25, 0.3) is 0 Å². The van der Waals surface area contributed by atoms with Crippen LogP contribution in [0.5, 0.6) is 0 Å². The highest BCUT2D eigenvalue weighted by Crippen LogP contribution is 2.45. The molecule has 3 rings (SSSR count). The van der Waals surface area contributed by atoms with Crippen molar-refractivity contribution in [2.45, 2.75) is 23.4 Å². The summed E-state index contributed by atoms with van der Waals surface area (Å²) in [6.07, 6.45) is 1.37. The summed E-state index contributed by atoms with van der Waals surface area (Å²) in [7, 11) is 0. The van der Waals surface area contributed by atoms with Crippen molar-refractivity contribution in [2.75, 3.05) is 13.1 Å². The summed E-state index contributed by atoms with van der Waals surface area (Å²) < 4.78 is 36.5. The van der Waals surface area contributed by atoms with E-state index in [2.05, 4.69) is 4.90 Å². The zero-order valence-electron chi connectivity index (χ0n) is 9.78. The highest BCUT2D eigenvalue weighted by atomic mass is 32.2. The van der Waals surface area contributed by atoms with E-state index in [4.69, 9.17) is 0 Å². The van der Waals surface area contributed by atoms with Gasteiger partial charge in [-0.2, -0.15) is 13.2 Å². The van der Waals surface area contributed by atoms with Crippen LogP contribution >= 0.6 is 11.8 Å². The van der Waals surface area contributed by atoms with Crippen LogP contribution in [-0.4, -0.2) is 23.5 Å². The second kappa shape index (κ2) is 4.46. The highest BCUT2D eigenvalue weighted by Gasteiger charge is 2.44. The fourth-order valence-electron chi connectivity index (χ4n) is 2.68. The zero-order chi connectivity index (χ0) is 12.8. The summed E-state index contributed by atoms with van der Waals surface area (Å²) in [5, 5.41) is 0. The van der Waals surface area contributed by atoms with E-state index in [0.717, 1.165) is 37.0 Å². The molecular formula is C13H14F3NS. The van der Waals surface area contributed by atoms with Crippen molar-refractivity contribution in [3.63, 3.8) is 0 Å². The number of hydrogen-bond acceptors (Lipinski definition) is 2.